The van der Waals surface area contributed by atoms with Gasteiger partial charge in [0.15, 0.2) is 0 Å². The summed E-state index contributed by atoms with van der Waals surface area (Å²) >= 11 is 12.0. The van der Waals surface area contributed by atoms with E-state index in [-0.39, 0.29) is 25.0 Å². The molecule has 1 aromatic rings. The van der Waals surface area contributed by atoms with Crippen LogP contribution in [0.4, 0.5) is 8.78 Å². The van der Waals surface area contributed by atoms with E-state index in [1.807, 2.05) is 12.1 Å². The molecule has 124 valence electrons. The standard InChI is InChI=1S/C15H20Cl2F2N2O/c16-12-2-1-10(7-13(12)17)11-8-21-5-6-22-14(11)9-20-4-3-15(18)19/h1-2,7,11,14-15,20-21H,3-6,8-9H2/t11-,14+/m0/s1. The van der Waals surface area contributed by atoms with Crippen LogP contribution in [0, 0.1) is 0 Å². The molecule has 0 bridgehead atoms. The summed E-state index contributed by atoms with van der Waals surface area (Å²) in [6, 6.07) is 5.55. The monoisotopic (exact) mass is 352 g/mol. The molecule has 2 rings (SSSR count). The van der Waals surface area contributed by atoms with E-state index in [1.165, 1.54) is 0 Å². The second-order valence-corrected chi connectivity index (χ2v) is 6.09. The first-order chi connectivity index (χ1) is 10.6. The van der Waals surface area contributed by atoms with Crippen LogP contribution in [0.1, 0.15) is 17.9 Å². The molecule has 1 aromatic carbocycles. The van der Waals surface area contributed by atoms with Crippen LogP contribution < -0.4 is 10.6 Å². The van der Waals surface area contributed by atoms with Gasteiger partial charge >= 0.3 is 0 Å². The van der Waals surface area contributed by atoms with Gasteiger partial charge in [0, 0.05) is 38.5 Å². The molecule has 0 amide bonds. The zero-order chi connectivity index (χ0) is 15.9. The normalized spacial score (nSPS) is 22.8. The van der Waals surface area contributed by atoms with Crippen molar-refractivity contribution in [1.82, 2.24) is 10.6 Å². The minimum absolute atomic E-state index is 0.0927. The van der Waals surface area contributed by atoms with E-state index in [1.54, 1.807) is 6.07 Å². The molecule has 2 atom stereocenters. The lowest BCUT2D eigenvalue weighted by atomic mass is 9.93. The molecule has 0 unspecified atom stereocenters. The van der Waals surface area contributed by atoms with Crippen molar-refractivity contribution in [2.24, 2.45) is 0 Å². The topological polar surface area (TPSA) is 33.3 Å². The predicted molar refractivity (Wildman–Crippen MR) is 85.3 cm³/mol. The number of nitrogens with one attached hydrogen (secondary N) is 2. The molecule has 1 aliphatic rings. The van der Waals surface area contributed by atoms with Crippen LogP contribution in [0.25, 0.3) is 0 Å². The molecular formula is C15H20Cl2F2N2O. The van der Waals surface area contributed by atoms with Gasteiger partial charge in [0.05, 0.1) is 22.8 Å². The van der Waals surface area contributed by atoms with Crippen LogP contribution in [0.5, 0.6) is 0 Å². The third-order valence-corrected chi connectivity index (χ3v) is 4.42. The Bertz CT molecular complexity index is 477. The summed E-state index contributed by atoms with van der Waals surface area (Å²) in [6.07, 6.45) is -2.53. The lowest BCUT2D eigenvalue weighted by Gasteiger charge is -2.26. The maximum Gasteiger partial charge on any atom is 0.239 e. The van der Waals surface area contributed by atoms with Crippen LogP contribution in [0.3, 0.4) is 0 Å². The van der Waals surface area contributed by atoms with Gasteiger partial charge in [-0.1, -0.05) is 29.3 Å². The summed E-state index contributed by atoms with van der Waals surface area (Å²) in [5, 5.41) is 7.39. The van der Waals surface area contributed by atoms with E-state index < -0.39 is 6.43 Å². The van der Waals surface area contributed by atoms with Gasteiger partial charge in [-0.3, -0.25) is 0 Å². The second kappa shape index (κ2) is 8.99. The summed E-state index contributed by atoms with van der Waals surface area (Å²) in [7, 11) is 0. The van der Waals surface area contributed by atoms with Gasteiger partial charge in [0.1, 0.15) is 0 Å². The molecule has 1 heterocycles. The Labute approximate surface area is 139 Å². The fourth-order valence-corrected chi connectivity index (χ4v) is 2.83. The first-order valence-electron chi connectivity index (χ1n) is 7.34. The Morgan fingerprint density at radius 2 is 2.14 bits per heavy atom. The highest BCUT2D eigenvalue weighted by Crippen LogP contribution is 2.29. The zero-order valence-electron chi connectivity index (χ0n) is 12.1. The highest BCUT2D eigenvalue weighted by atomic mass is 35.5. The molecule has 0 saturated carbocycles. The van der Waals surface area contributed by atoms with E-state index in [2.05, 4.69) is 10.6 Å². The molecule has 0 aliphatic carbocycles. The molecule has 3 nitrogen and oxygen atoms in total. The van der Waals surface area contributed by atoms with Gasteiger partial charge in [0.2, 0.25) is 6.43 Å². The lowest BCUT2D eigenvalue weighted by Crippen LogP contribution is -2.36. The van der Waals surface area contributed by atoms with Gasteiger partial charge in [0.25, 0.3) is 0 Å². The lowest BCUT2D eigenvalue weighted by molar-refractivity contribution is 0.0509. The third-order valence-electron chi connectivity index (χ3n) is 3.68. The molecule has 22 heavy (non-hydrogen) atoms. The molecule has 0 aromatic heterocycles. The van der Waals surface area contributed by atoms with Crippen molar-refractivity contribution in [1.29, 1.82) is 0 Å². The first-order valence-corrected chi connectivity index (χ1v) is 8.09. The fourth-order valence-electron chi connectivity index (χ4n) is 2.52. The summed E-state index contributed by atoms with van der Waals surface area (Å²) < 4.78 is 30.2. The molecule has 1 aliphatic heterocycles. The van der Waals surface area contributed by atoms with E-state index in [0.29, 0.717) is 23.2 Å². The Morgan fingerprint density at radius 3 is 2.86 bits per heavy atom. The highest BCUT2D eigenvalue weighted by Gasteiger charge is 2.26. The van der Waals surface area contributed by atoms with E-state index in [4.69, 9.17) is 27.9 Å². The number of hydrogen-bond acceptors (Lipinski definition) is 3. The smallest absolute Gasteiger partial charge is 0.239 e. The first kappa shape index (κ1) is 17.9. The maximum atomic E-state index is 12.2. The van der Waals surface area contributed by atoms with Crippen molar-refractivity contribution in [3.05, 3.63) is 33.8 Å². The van der Waals surface area contributed by atoms with Gasteiger partial charge in [-0.15, -0.1) is 0 Å². The average molecular weight is 353 g/mol. The third kappa shape index (κ3) is 5.32. The van der Waals surface area contributed by atoms with Crippen molar-refractivity contribution in [3.63, 3.8) is 0 Å². The molecule has 7 heteroatoms. The van der Waals surface area contributed by atoms with Crippen LogP contribution in [-0.2, 0) is 4.74 Å². The summed E-state index contributed by atoms with van der Waals surface area (Å²) in [6.45, 7) is 2.92. The number of halogens is 4. The van der Waals surface area contributed by atoms with Crippen molar-refractivity contribution < 1.29 is 13.5 Å². The van der Waals surface area contributed by atoms with Gasteiger partial charge in [-0.25, -0.2) is 8.78 Å². The Balaban J connectivity index is 2.01. The largest absolute Gasteiger partial charge is 0.375 e. The van der Waals surface area contributed by atoms with Gasteiger partial charge < -0.3 is 15.4 Å². The molecule has 1 fully saturated rings. The molecular weight excluding hydrogens is 333 g/mol. The molecule has 0 spiro atoms. The summed E-state index contributed by atoms with van der Waals surface area (Å²) in [5.41, 5.74) is 1.03. The van der Waals surface area contributed by atoms with Crippen LogP contribution in [0.2, 0.25) is 10.0 Å². The summed E-state index contributed by atoms with van der Waals surface area (Å²) in [5.74, 6) is 0.0938. The van der Waals surface area contributed by atoms with E-state index >= 15 is 0 Å². The van der Waals surface area contributed by atoms with E-state index in [0.717, 1.165) is 18.7 Å². The minimum atomic E-state index is -2.28. The van der Waals surface area contributed by atoms with Crippen LogP contribution in [0.15, 0.2) is 18.2 Å². The second-order valence-electron chi connectivity index (χ2n) is 5.28. The number of alkyl halides is 2. The predicted octanol–water partition coefficient (Wildman–Crippen LogP) is 3.31. The average Bonchev–Trinajstić information content (AvgIpc) is 2.72. The Kier molecular flexibility index (Phi) is 7.31. The van der Waals surface area contributed by atoms with Crippen LogP contribution in [-0.4, -0.2) is 45.3 Å². The number of ether oxygens (including phenoxy) is 1. The maximum absolute atomic E-state index is 12.2. The molecule has 1 saturated heterocycles. The fraction of sp³-hybridized carbons (Fsp3) is 0.600. The minimum Gasteiger partial charge on any atom is -0.375 e. The van der Waals surface area contributed by atoms with Crippen molar-refractivity contribution >= 4 is 23.2 Å². The van der Waals surface area contributed by atoms with Gasteiger partial charge in [-0.2, -0.15) is 0 Å². The van der Waals surface area contributed by atoms with E-state index in [9.17, 15) is 8.78 Å². The SMILES string of the molecule is FC(F)CCNC[C@H]1OCCNC[C@H]1c1ccc(Cl)c(Cl)c1. The summed E-state index contributed by atoms with van der Waals surface area (Å²) in [4.78, 5) is 0. The number of rotatable bonds is 6. The van der Waals surface area contributed by atoms with Crippen molar-refractivity contribution in [2.75, 3.05) is 32.8 Å². The van der Waals surface area contributed by atoms with Crippen LogP contribution >= 0.6 is 23.2 Å². The number of benzene rings is 1. The Hall–Kier alpha value is -0.460. The number of hydrogen-bond donors (Lipinski definition) is 2. The quantitative estimate of drug-likeness (QED) is 0.770. The Morgan fingerprint density at radius 1 is 1.32 bits per heavy atom. The zero-order valence-corrected chi connectivity index (χ0v) is 13.6. The van der Waals surface area contributed by atoms with Crippen molar-refractivity contribution in [3.8, 4) is 0 Å². The van der Waals surface area contributed by atoms with Crippen molar-refractivity contribution in [2.45, 2.75) is 24.9 Å². The molecule has 2 N–H and O–H groups in total. The van der Waals surface area contributed by atoms with Gasteiger partial charge in [-0.05, 0) is 17.7 Å². The molecule has 0 radical (unpaired) electrons. The highest BCUT2D eigenvalue weighted by molar-refractivity contribution is 6.42.